The number of carbonyl (C=O) groups excluding carboxylic acids is 1. The van der Waals surface area contributed by atoms with Crippen molar-refractivity contribution in [3.8, 4) is 0 Å². The largest absolute Gasteiger partial charge is 0.394 e. The molecule has 0 saturated carbocycles. The Labute approximate surface area is 547 Å². The van der Waals surface area contributed by atoms with Crippen LogP contribution in [0, 0.1) is 0 Å². The summed E-state index contributed by atoms with van der Waals surface area (Å²) in [4.78, 5) is 13.4. The highest BCUT2D eigenvalue weighted by molar-refractivity contribution is 5.76. The number of allylic oxidation sites excluding steroid dienone is 10. The standard InChI is InChI=1S/C72H129NO18/c1-3-5-7-9-11-13-15-17-19-21-23-25-27-29-31-33-35-37-39-41-43-45-47-49-56(77)55(73-60(78)50-48-46-44-42-40-38-36-34-32-30-28-26-24-22-20-18-16-14-12-10-8-6-4-2)54-86-70-66(84)63(81)68(58(52-75)88-70)91-72-67(85)64(82)69(59(53-76)89-72)90-71-65(83)62(80)61(79)57(51-74)87-71/h6,8,12,14,18,20,24,26,30,32,55-59,61-72,74-77,79-85H,3-5,7,9-11,13,15-17,19,21-23,25,27-29,31,33-54H2,1-2H3,(H,73,78)/b8-6-,14-12-,20-18-,26-24-,32-30-. The van der Waals surface area contributed by atoms with Crippen LogP contribution in [0.1, 0.15) is 258 Å². The molecule has 3 heterocycles. The molecule has 19 heteroatoms. The predicted octanol–water partition coefficient (Wildman–Crippen LogP) is 9.94. The number of amides is 1. The summed E-state index contributed by atoms with van der Waals surface area (Å²) in [5.41, 5.74) is 0. The summed E-state index contributed by atoms with van der Waals surface area (Å²) in [6.45, 7) is 1.70. The summed E-state index contributed by atoms with van der Waals surface area (Å²) in [5, 5.41) is 121. The van der Waals surface area contributed by atoms with Crippen LogP contribution in [0.25, 0.3) is 0 Å². The minimum atomic E-state index is -1.98. The van der Waals surface area contributed by atoms with Gasteiger partial charge in [0.05, 0.1) is 38.6 Å². The van der Waals surface area contributed by atoms with Gasteiger partial charge in [0, 0.05) is 6.42 Å². The lowest BCUT2D eigenvalue weighted by Crippen LogP contribution is -2.66. The molecule has 0 radical (unpaired) electrons. The quantitative estimate of drug-likeness (QED) is 0.0199. The molecule has 19 nitrogen and oxygen atoms in total. The van der Waals surface area contributed by atoms with Crippen molar-refractivity contribution in [3.05, 3.63) is 60.8 Å². The van der Waals surface area contributed by atoms with E-state index in [0.717, 1.165) is 103 Å². The molecule has 0 aromatic heterocycles. The molecular formula is C72H129NO18. The highest BCUT2D eigenvalue weighted by Gasteiger charge is 2.53. The van der Waals surface area contributed by atoms with E-state index in [1.807, 2.05) is 0 Å². The summed E-state index contributed by atoms with van der Waals surface area (Å²) in [5.74, 6) is -0.254. The molecular weight excluding hydrogens is 1170 g/mol. The summed E-state index contributed by atoms with van der Waals surface area (Å²) in [6.07, 6.45) is 38.6. The predicted molar refractivity (Wildman–Crippen MR) is 355 cm³/mol. The van der Waals surface area contributed by atoms with Crippen LogP contribution in [-0.2, 0) is 33.2 Å². The Morgan fingerprint density at radius 2 is 0.758 bits per heavy atom. The number of ether oxygens (including phenoxy) is 6. The zero-order chi connectivity index (χ0) is 66.1. The molecule has 17 unspecified atom stereocenters. The van der Waals surface area contributed by atoms with Gasteiger partial charge >= 0.3 is 0 Å². The van der Waals surface area contributed by atoms with E-state index in [0.29, 0.717) is 12.8 Å². The Balaban J connectivity index is 1.43. The lowest BCUT2D eigenvalue weighted by atomic mass is 9.96. The molecule has 530 valence electrons. The van der Waals surface area contributed by atoms with E-state index in [2.05, 4.69) is 79.9 Å². The van der Waals surface area contributed by atoms with Gasteiger partial charge in [0.25, 0.3) is 0 Å². The Kier molecular flexibility index (Phi) is 48.7. The molecule has 0 aromatic carbocycles. The molecule has 12 N–H and O–H groups in total. The van der Waals surface area contributed by atoms with Gasteiger partial charge in [0.1, 0.15) is 73.2 Å². The van der Waals surface area contributed by atoms with Crippen molar-refractivity contribution in [2.24, 2.45) is 0 Å². The van der Waals surface area contributed by atoms with Crippen LogP contribution in [0.3, 0.4) is 0 Å². The smallest absolute Gasteiger partial charge is 0.220 e. The molecule has 3 aliphatic rings. The number of rotatable bonds is 55. The number of aliphatic hydroxyl groups is 11. The minimum absolute atomic E-state index is 0.251. The number of carbonyl (C=O) groups is 1. The van der Waals surface area contributed by atoms with Crippen molar-refractivity contribution in [2.75, 3.05) is 26.4 Å². The van der Waals surface area contributed by atoms with Gasteiger partial charge in [-0.2, -0.15) is 0 Å². The van der Waals surface area contributed by atoms with Crippen molar-refractivity contribution in [2.45, 2.75) is 362 Å². The average Bonchev–Trinajstić information content (AvgIpc) is 0.883. The fourth-order valence-electron chi connectivity index (χ4n) is 12.0. The van der Waals surface area contributed by atoms with Crippen LogP contribution >= 0.6 is 0 Å². The number of unbranched alkanes of at least 4 members (excludes halogenated alkanes) is 29. The Morgan fingerprint density at radius 3 is 1.19 bits per heavy atom. The second-order valence-electron chi connectivity index (χ2n) is 25.7. The molecule has 91 heavy (non-hydrogen) atoms. The highest BCUT2D eigenvalue weighted by atomic mass is 16.8. The van der Waals surface area contributed by atoms with E-state index in [-0.39, 0.29) is 18.9 Å². The van der Waals surface area contributed by atoms with E-state index < -0.39 is 124 Å². The first-order valence-corrected chi connectivity index (χ1v) is 36.0. The molecule has 0 spiro atoms. The monoisotopic (exact) mass is 1300 g/mol. The molecule has 0 aliphatic carbocycles. The summed E-state index contributed by atoms with van der Waals surface area (Å²) < 4.78 is 34.4. The lowest BCUT2D eigenvalue weighted by molar-refractivity contribution is -0.379. The van der Waals surface area contributed by atoms with E-state index >= 15 is 0 Å². The first-order valence-electron chi connectivity index (χ1n) is 36.0. The summed E-state index contributed by atoms with van der Waals surface area (Å²) in [7, 11) is 0. The van der Waals surface area contributed by atoms with Gasteiger partial charge in [0.15, 0.2) is 18.9 Å². The van der Waals surface area contributed by atoms with Gasteiger partial charge < -0.3 is 89.9 Å². The van der Waals surface area contributed by atoms with E-state index in [4.69, 9.17) is 28.4 Å². The van der Waals surface area contributed by atoms with Crippen LogP contribution in [0.15, 0.2) is 60.8 Å². The first-order chi connectivity index (χ1) is 44.3. The lowest BCUT2D eigenvalue weighted by Gasteiger charge is -2.48. The van der Waals surface area contributed by atoms with Crippen molar-refractivity contribution in [1.29, 1.82) is 0 Å². The van der Waals surface area contributed by atoms with Crippen molar-refractivity contribution in [1.82, 2.24) is 5.32 Å². The van der Waals surface area contributed by atoms with Gasteiger partial charge in [-0.3, -0.25) is 4.79 Å². The molecule has 1 amide bonds. The van der Waals surface area contributed by atoms with Crippen LogP contribution in [0.5, 0.6) is 0 Å². The highest BCUT2D eigenvalue weighted by Crippen LogP contribution is 2.33. The Hall–Kier alpha value is -2.51. The van der Waals surface area contributed by atoms with E-state index in [9.17, 15) is 61.0 Å². The van der Waals surface area contributed by atoms with Crippen LogP contribution < -0.4 is 5.32 Å². The molecule has 3 rings (SSSR count). The van der Waals surface area contributed by atoms with Crippen molar-refractivity contribution >= 4 is 5.91 Å². The maximum Gasteiger partial charge on any atom is 0.220 e. The molecule has 3 saturated heterocycles. The van der Waals surface area contributed by atoms with Crippen LogP contribution in [0.2, 0.25) is 0 Å². The van der Waals surface area contributed by atoms with Gasteiger partial charge in [-0.15, -0.1) is 0 Å². The molecule has 3 fully saturated rings. The average molecular weight is 1300 g/mol. The molecule has 3 aliphatic heterocycles. The SMILES string of the molecule is CC/C=C\C/C=C\C/C=C\C/C=C\C/C=C\CCCCCCCCCC(=O)NC(COC1OC(CO)C(OC2OC(CO)C(OC3OC(CO)C(O)C(O)C3O)C(O)C2O)C(O)C1O)C(O)CCCCCCCCCCCCCCCCCCCCCCCCC. The Bertz CT molecular complexity index is 1890. The fourth-order valence-corrected chi connectivity index (χ4v) is 12.0. The van der Waals surface area contributed by atoms with Crippen molar-refractivity contribution < 1.29 is 89.4 Å². The fraction of sp³-hybridized carbons (Fsp3) is 0.847. The third-order valence-corrected chi connectivity index (χ3v) is 17.9. The zero-order valence-electron chi connectivity index (χ0n) is 56.1. The zero-order valence-corrected chi connectivity index (χ0v) is 56.1. The number of aliphatic hydroxyl groups excluding tert-OH is 11. The topological polar surface area (TPSA) is 307 Å². The number of hydrogen-bond acceptors (Lipinski definition) is 18. The summed E-state index contributed by atoms with van der Waals surface area (Å²) >= 11 is 0. The maximum atomic E-state index is 13.4. The third kappa shape index (κ3) is 35.4. The second-order valence-corrected chi connectivity index (χ2v) is 25.7. The van der Waals surface area contributed by atoms with E-state index in [1.165, 1.54) is 122 Å². The van der Waals surface area contributed by atoms with Crippen LogP contribution in [0.4, 0.5) is 0 Å². The normalized spacial score (nSPS) is 28.2. The van der Waals surface area contributed by atoms with Gasteiger partial charge in [-0.25, -0.2) is 0 Å². The van der Waals surface area contributed by atoms with Gasteiger partial charge in [-0.05, 0) is 57.8 Å². The van der Waals surface area contributed by atoms with Gasteiger partial charge in [0.2, 0.25) is 5.91 Å². The minimum Gasteiger partial charge on any atom is -0.394 e. The summed E-state index contributed by atoms with van der Waals surface area (Å²) in [6, 6.07) is -0.898. The van der Waals surface area contributed by atoms with E-state index in [1.54, 1.807) is 0 Å². The molecule has 0 bridgehead atoms. The number of hydrogen-bond donors (Lipinski definition) is 12. The first kappa shape index (κ1) is 82.7. The third-order valence-electron chi connectivity index (χ3n) is 17.9. The van der Waals surface area contributed by atoms with Crippen LogP contribution in [-0.4, -0.2) is 193 Å². The molecule has 17 atom stereocenters. The van der Waals surface area contributed by atoms with Gasteiger partial charge in [-0.1, -0.05) is 254 Å². The second kappa shape index (κ2) is 53.6. The van der Waals surface area contributed by atoms with Crippen molar-refractivity contribution in [3.63, 3.8) is 0 Å². The Morgan fingerprint density at radius 1 is 0.407 bits per heavy atom. The number of nitrogens with one attached hydrogen (secondary N) is 1. The maximum absolute atomic E-state index is 13.4. The molecule has 0 aromatic rings.